The summed E-state index contributed by atoms with van der Waals surface area (Å²) in [4.78, 5) is 16.6. The van der Waals surface area contributed by atoms with Gasteiger partial charge in [0, 0.05) is 6.54 Å². The summed E-state index contributed by atoms with van der Waals surface area (Å²) in [5.41, 5.74) is 2.04. The summed E-state index contributed by atoms with van der Waals surface area (Å²) in [5, 5.41) is 26.0. The number of ether oxygens (including phenoxy) is 3. The number of esters is 1. The van der Waals surface area contributed by atoms with Gasteiger partial charge in [0.25, 0.3) is 10.0 Å². The van der Waals surface area contributed by atoms with E-state index in [-0.39, 0.29) is 42.1 Å². The first kappa shape index (κ1) is 31.3. The molecule has 2 heterocycles. The smallest absolute Gasteiger partial charge is 0.323 e. The highest BCUT2D eigenvalue weighted by Crippen LogP contribution is 2.28. The zero-order chi connectivity index (χ0) is 30.3. The van der Waals surface area contributed by atoms with Crippen LogP contribution in [-0.4, -0.2) is 72.4 Å². The van der Waals surface area contributed by atoms with Gasteiger partial charge >= 0.3 is 5.97 Å². The number of carbonyl (C=O) groups excluding carboxylic acids is 1. The number of aliphatic hydroxyl groups is 1. The van der Waals surface area contributed by atoms with E-state index in [9.17, 15) is 13.2 Å². The van der Waals surface area contributed by atoms with Gasteiger partial charge in [-0.1, -0.05) is 31.2 Å². The molecule has 0 aliphatic rings. The highest BCUT2D eigenvalue weighted by Gasteiger charge is 2.24. The average Bonchev–Trinajstić information content (AvgIpc) is 3.61. The number of hydrogen-bond acceptors (Lipinski definition) is 12. The van der Waals surface area contributed by atoms with Crippen LogP contribution in [0.2, 0.25) is 0 Å². The maximum absolute atomic E-state index is 12.6. The normalized spacial score (nSPS) is 13.3. The van der Waals surface area contributed by atoms with Crippen LogP contribution >= 0.6 is 11.3 Å². The second kappa shape index (κ2) is 14.0. The molecule has 226 valence electrons. The lowest BCUT2D eigenvalue weighted by Crippen LogP contribution is -2.43. The summed E-state index contributed by atoms with van der Waals surface area (Å²) in [6.45, 7) is 4.85. The maximum atomic E-state index is 12.6. The number of hydrogen-bond donors (Lipinski definition) is 3. The lowest BCUT2D eigenvalue weighted by molar-refractivity contribution is -0.143. The Kier molecular flexibility index (Phi) is 10.5. The molecule has 2 atom stereocenters. The topological polar surface area (TPSA) is 181 Å². The molecule has 0 fully saturated rings. The number of methoxy groups -OCH3 is 1. The number of sulfonamides is 1. The monoisotopic (exact) mass is 618 g/mol. The van der Waals surface area contributed by atoms with E-state index < -0.39 is 16.1 Å². The number of primary sulfonamides is 1. The molecular formula is C27H34N6O7S2. The molecule has 4 N–H and O–H groups in total. The van der Waals surface area contributed by atoms with Crippen molar-refractivity contribution in [2.24, 2.45) is 11.1 Å². The Balaban J connectivity index is 1.38. The predicted molar refractivity (Wildman–Crippen MR) is 156 cm³/mol. The van der Waals surface area contributed by atoms with Crippen LogP contribution in [0, 0.1) is 5.92 Å². The van der Waals surface area contributed by atoms with E-state index in [2.05, 4.69) is 34.5 Å². The number of aromatic nitrogens is 4. The lowest BCUT2D eigenvalue weighted by Gasteiger charge is -2.24. The first-order valence-corrected chi connectivity index (χ1v) is 15.5. The van der Waals surface area contributed by atoms with E-state index in [4.69, 9.17) is 24.5 Å². The number of nitrogens with zero attached hydrogens (tertiary/aromatic N) is 4. The number of rotatable bonds is 15. The van der Waals surface area contributed by atoms with Crippen LogP contribution in [0.3, 0.4) is 0 Å². The third-order valence-electron chi connectivity index (χ3n) is 6.42. The SMILES string of the molecule is COC(=O)[C@H](Cc1ccc(OCCO)cc1)NC[C@H](C(C)C)n1cc(COc2ccc3nc(S(N)(=O)=O)sc3c2)nn1. The minimum Gasteiger partial charge on any atom is -0.491 e. The maximum Gasteiger partial charge on any atom is 0.323 e. The average molecular weight is 619 g/mol. The summed E-state index contributed by atoms with van der Waals surface area (Å²) in [6, 6.07) is 11.7. The summed E-state index contributed by atoms with van der Waals surface area (Å²) in [5.74, 6) is 0.954. The fourth-order valence-electron chi connectivity index (χ4n) is 4.19. The molecule has 13 nitrogen and oxygen atoms in total. The van der Waals surface area contributed by atoms with Crippen LogP contribution in [-0.2, 0) is 32.6 Å². The zero-order valence-electron chi connectivity index (χ0n) is 23.5. The second-order valence-electron chi connectivity index (χ2n) is 9.85. The van der Waals surface area contributed by atoms with Gasteiger partial charge in [0.15, 0.2) is 0 Å². The number of aliphatic hydroxyl groups excluding tert-OH is 1. The van der Waals surface area contributed by atoms with Crippen molar-refractivity contribution in [1.82, 2.24) is 25.3 Å². The Morgan fingerprint density at radius 2 is 1.88 bits per heavy atom. The number of benzene rings is 2. The van der Waals surface area contributed by atoms with E-state index in [0.717, 1.165) is 16.9 Å². The molecule has 42 heavy (non-hydrogen) atoms. The molecule has 0 aliphatic heterocycles. The van der Waals surface area contributed by atoms with E-state index in [0.29, 0.717) is 40.4 Å². The van der Waals surface area contributed by atoms with Crippen molar-refractivity contribution >= 4 is 37.5 Å². The van der Waals surface area contributed by atoms with Crippen LogP contribution in [0.5, 0.6) is 11.5 Å². The minimum atomic E-state index is -3.88. The molecule has 2 aromatic carbocycles. The molecule has 0 saturated heterocycles. The third kappa shape index (κ3) is 8.23. The molecule has 2 aromatic heterocycles. The zero-order valence-corrected chi connectivity index (χ0v) is 25.1. The van der Waals surface area contributed by atoms with E-state index in [1.807, 2.05) is 12.1 Å². The van der Waals surface area contributed by atoms with Crippen molar-refractivity contribution in [3.8, 4) is 11.5 Å². The molecule has 0 aliphatic carbocycles. The van der Waals surface area contributed by atoms with Gasteiger partial charge in [-0.2, -0.15) is 0 Å². The van der Waals surface area contributed by atoms with Crippen LogP contribution in [0.25, 0.3) is 10.2 Å². The molecule has 0 amide bonds. The fourth-order valence-corrected chi connectivity index (χ4v) is 5.88. The lowest BCUT2D eigenvalue weighted by atomic mass is 10.0. The second-order valence-corrected chi connectivity index (χ2v) is 12.6. The third-order valence-corrected chi connectivity index (χ3v) is 8.76. The molecule has 0 spiro atoms. The number of carbonyl (C=O) groups is 1. The van der Waals surface area contributed by atoms with Crippen molar-refractivity contribution < 1.29 is 32.5 Å². The molecule has 0 saturated carbocycles. The van der Waals surface area contributed by atoms with Gasteiger partial charge in [0.2, 0.25) is 4.34 Å². The van der Waals surface area contributed by atoms with Gasteiger partial charge in [0.05, 0.1) is 36.2 Å². The Hall–Kier alpha value is -3.63. The van der Waals surface area contributed by atoms with Gasteiger partial charge in [-0.05, 0) is 48.2 Å². The number of fused-ring (bicyclic) bond motifs is 1. The minimum absolute atomic E-state index is 0.0662. The van der Waals surface area contributed by atoms with Crippen molar-refractivity contribution in [2.45, 2.75) is 43.3 Å². The molecule has 0 radical (unpaired) electrons. The Bertz CT molecular complexity index is 1590. The van der Waals surface area contributed by atoms with E-state index in [1.165, 1.54) is 7.11 Å². The van der Waals surface area contributed by atoms with Crippen LogP contribution < -0.4 is 19.9 Å². The van der Waals surface area contributed by atoms with E-state index in [1.54, 1.807) is 41.2 Å². The molecular weight excluding hydrogens is 584 g/mol. The first-order valence-electron chi connectivity index (χ1n) is 13.2. The number of nitrogens with two attached hydrogens (primary N) is 1. The van der Waals surface area contributed by atoms with Gasteiger partial charge in [-0.25, -0.2) is 23.2 Å². The van der Waals surface area contributed by atoms with Crippen LogP contribution in [0.4, 0.5) is 0 Å². The Morgan fingerprint density at radius 3 is 2.55 bits per heavy atom. The molecule has 0 bridgehead atoms. The van der Waals surface area contributed by atoms with E-state index >= 15 is 0 Å². The van der Waals surface area contributed by atoms with Gasteiger partial charge in [-0.15, -0.1) is 16.4 Å². The standard InChI is InChI=1S/C27H34N6O7S2/c1-17(2)24(14-29-23(26(35)38-3)12-18-4-6-20(7-5-18)39-11-10-34)33-15-19(31-32-33)16-40-21-8-9-22-25(13-21)41-27(30-22)42(28,36)37/h4-9,13,15,17,23-24,29,34H,10-12,14,16H2,1-3H3,(H2,28,36,37)/t23-,24+/m0/s1. The van der Waals surface area contributed by atoms with Crippen LogP contribution in [0.1, 0.15) is 31.1 Å². The fraction of sp³-hybridized carbons (Fsp3) is 0.407. The molecule has 4 aromatic rings. The summed E-state index contributed by atoms with van der Waals surface area (Å²) >= 11 is 0.976. The predicted octanol–water partition coefficient (Wildman–Crippen LogP) is 2.06. The summed E-state index contributed by atoms with van der Waals surface area (Å²) in [6.07, 6.45) is 2.21. The largest absolute Gasteiger partial charge is 0.491 e. The van der Waals surface area contributed by atoms with Crippen molar-refractivity contribution in [3.63, 3.8) is 0 Å². The van der Waals surface area contributed by atoms with Crippen molar-refractivity contribution in [2.75, 3.05) is 26.9 Å². The summed E-state index contributed by atoms with van der Waals surface area (Å²) in [7, 11) is -2.52. The molecule has 0 unspecified atom stereocenters. The number of thiazole rings is 1. The Morgan fingerprint density at radius 1 is 1.14 bits per heavy atom. The van der Waals surface area contributed by atoms with Crippen molar-refractivity contribution in [1.29, 1.82) is 0 Å². The molecule has 4 rings (SSSR count). The van der Waals surface area contributed by atoms with Gasteiger partial charge in [0.1, 0.15) is 36.4 Å². The first-order chi connectivity index (χ1) is 20.1. The highest BCUT2D eigenvalue weighted by molar-refractivity contribution is 7.91. The quantitative estimate of drug-likeness (QED) is 0.166. The number of nitrogens with one attached hydrogen (secondary N) is 1. The highest BCUT2D eigenvalue weighted by atomic mass is 32.2. The van der Waals surface area contributed by atoms with Crippen molar-refractivity contribution in [3.05, 3.63) is 59.9 Å². The van der Waals surface area contributed by atoms with Crippen LogP contribution in [0.15, 0.2) is 53.0 Å². The molecule has 15 heteroatoms. The summed E-state index contributed by atoms with van der Waals surface area (Å²) < 4.78 is 41.7. The van der Waals surface area contributed by atoms with Gasteiger partial charge < -0.3 is 24.6 Å². The van der Waals surface area contributed by atoms with Gasteiger partial charge in [-0.3, -0.25) is 4.79 Å². The Labute approximate surface area is 247 Å².